The Labute approximate surface area is 93.3 Å². The van der Waals surface area contributed by atoms with E-state index in [1.807, 2.05) is 29.9 Å². The van der Waals surface area contributed by atoms with Gasteiger partial charge >= 0.3 is 0 Å². The highest BCUT2D eigenvalue weighted by Crippen LogP contribution is 2.20. The molecule has 4 heteroatoms. The maximum Gasteiger partial charge on any atom is 0.106 e. The first-order valence-corrected chi connectivity index (χ1v) is 4.82. The third-order valence-corrected chi connectivity index (χ3v) is 2.45. The van der Waals surface area contributed by atoms with Crippen LogP contribution in [0, 0.1) is 11.3 Å². The first kappa shape index (κ1) is 10.2. The number of hydrogen-bond donors (Lipinski definition) is 0. The van der Waals surface area contributed by atoms with Crippen molar-refractivity contribution in [3.05, 3.63) is 35.5 Å². The summed E-state index contributed by atoms with van der Waals surface area (Å²) in [5, 5.41) is 13.6. The molecule has 2 rings (SSSR count). The van der Waals surface area contributed by atoms with E-state index in [0.29, 0.717) is 5.56 Å². The lowest BCUT2D eigenvalue weighted by molar-refractivity contribution is 0.215. The molecule has 0 unspecified atom stereocenters. The maximum atomic E-state index is 8.86. The van der Waals surface area contributed by atoms with Gasteiger partial charge in [-0.05, 0) is 18.2 Å². The van der Waals surface area contributed by atoms with E-state index in [2.05, 4.69) is 16.1 Å². The van der Waals surface area contributed by atoms with Gasteiger partial charge in [-0.2, -0.15) is 5.26 Å². The highest BCUT2D eigenvalue weighted by Gasteiger charge is 2.05. The second-order valence-corrected chi connectivity index (χ2v) is 3.46. The minimum Gasteiger partial charge on any atom is -0.399 e. The number of fused-ring (bicyclic) bond motifs is 1. The average molecular weight is 213 g/mol. The van der Waals surface area contributed by atoms with Gasteiger partial charge in [-0.25, -0.2) is 0 Å². The summed E-state index contributed by atoms with van der Waals surface area (Å²) in [6.45, 7) is 0. The molecule has 0 saturated heterocycles. The summed E-state index contributed by atoms with van der Waals surface area (Å²) in [6, 6.07) is 7.71. The Morgan fingerprint density at radius 3 is 3.00 bits per heavy atom. The highest BCUT2D eigenvalue weighted by molar-refractivity contribution is 5.99. The lowest BCUT2D eigenvalue weighted by Gasteiger charge is -1.95. The molecule has 0 N–H and O–H groups in total. The third-order valence-electron chi connectivity index (χ3n) is 2.45. The van der Waals surface area contributed by atoms with Gasteiger partial charge < -0.3 is 9.40 Å². The largest absolute Gasteiger partial charge is 0.399 e. The molecule has 0 spiro atoms. The molecule has 4 nitrogen and oxygen atoms in total. The van der Waals surface area contributed by atoms with Crippen molar-refractivity contribution in [2.75, 3.05) is 7.11 Å². The monoisotopic (exact) mass is 213 g/mol. The fourth-order valence-electron chi connectivity index (χ4n) is 1.70. The van der Waals surface area contributed by atoms with Crippen molar-refractivity contribution in [1.29, 1.82) is 5.26 Å². The van der Waals surface area contributed by atoms with Gasteiger partial charge in [-0.15, -0.1) is 0 Å². The second-order valence-electron chi connectivity index (χ2n) is 3.46. The summed E-state index contributed by atoms with van der Waals surface area (Å²) >= 11 is 0. The number of hydrogen-bond acceptors (Lipinski definition) is 3. The number of rotatable bonds is 2. The third kappa shape index (κ3) is 1.63. The zero-order valence-corrected chi connectivity index (χ0v) is 9.14. The Hall–Kier alpha value is -2.28. The van der Waals surface area contributed by atoms with Crippen LogP contribution in [0.3, 0.4) is 0 Å². The lowest BCUT2D eigenvalue weighted by Crippen LogP contribution is -1.83. The fraction of sp³-hybridized carbons (Fsp3) is 0.167. The van der Waals surface area contributed by atoms with Crippen molar-refractivity contribution in [3.8, 4) is 6.07 Å². The summed E-state index contributed by atoms with van der Waals surface area (Å²) in [4.78, 5) is 4.66. The minimum atomic E-state index is 0.644. The maximum absolute atomic E-state index is 8.86. The molecule has 80 valence electrons. The van der Waals surface area contributed by atoms with E-state index in [9.17, 15) is 0 Å². The van der Waals surface area contributed by atoms with Gasteiger partial charge in [0.2, 0.25) is 0 Å². The fourth-order valence-corrected chi connectivity index (χ4v) is 1.70. The second kappa shape index (κ2) is 4.07. The minimum absolute atomic E-state index is 0.644. The number of oxime groups is 1. The van der Waals surface area contributed by atoms with E-state index in [4.69, 9.17) is 5.26 Å². The van der Waals surface area contributed by atoms with Crippen LogP contribution < -0.4 is 0 Å². The molecule has 0 amide bonds. The summed E-state index contributed by atoms with van der Waals surface area (Å²) < 4.78 is 1.99. The van der Waals surface area contributed by atoms with Crippen LogP contribution in [0.1, 0.15) is 11.1 Å². The van der Waals surface area contributed by atoms with Crippen LogP contribution in [0.4, 0.5) is 0 Å². The Morgan fingerprint density at radius 2 is 2.31 bits per heavy atom. The van der Waals surface area contributed by atoms with E-state index in [1.54, 1.807) is 12.3 Å². The molecular weight excluding hydrogens is 202 g/mol. The quantitative estimate of drug-likeness (QED) is 0.566. The summed E-state index contributed by atoms with van der Waals surface area (Å²) in [5.41, 5.74) is 2.65. The molecule has 1 aromatic carbocycles. The van der Waals surface area contributed by atoms with Crippen LogP contribution in [0.5, 0.6) is 0 Å². The molecule has 2 aromatic rings. The van der Waals surface area contributed by atoms with E-state index in [1.165, 1.54) is 7.11 Å². The van der Waals surface area contributed by atoms with Crippen LogP contribution in [0.2, 0.25) is 0 Å². The number of aromatic nitrogens is 1. The molecule has 0 bridgehead atoms. The Bertz CT molecular complexity index is 590. The Morgan fingerprint density at radius 1 is 1.50 bits per heavy atom. The molecule has 0 aliphatic carbocycles. The van der Waals surface area contributed by atoms with Gasteiger partial charge in [-0.1, -0.05) is 5.16 Å². The molecular formula is C12H11N3O. The van der Waals surface area contributed by atoms with Crippen molar-refractivity contribution in [2.45, 2.75) is 0 Å². The summed E-state index contributed by atoms with van der Waals surface area (Å²) in [5.74, 6) is 0. The zero-order chi connectivity index (χ0) is 11.5. The van der Waals surface area contributed by atoms with Crippen molar-refractivity contribution >= 4 is 17.1 Å². The molecule has 16 heavy (non-hydrogen) atoms. The Kier molecular flexibility index (Phi) is 2.61. The van der Waals surface area contributed by atoms with Crippen molar-refractivity contribution in [2.24, 2.45) is 12.2 Å². The molecule has 0 fully saturated rings. The summed E-state index contributed by atoms with van der Waals surface area (Å²) in [6.07, 6.45) is 3.60. The van der Waals surface area contributed by atoms with Gasteiger partial charge in [0.05, 0.1) is 17.8 Å². The normalized spacial score (nSPS) is 10.8. The van der Waals surface area contributed by atoms with Crippen LogP contribution >= 0.6 is 0 Å². The van der Waals surface area contributed by atoms with Crippen molar-refractivity contribution in [3.63, 3.8) is 0 Å². The van der Waals surface area contributed by atoms with Crippen LogP contribution in [-0.2, 0) is 11.9 Å². The molecule has 0 aliphatic rings. The first-order chi connectivity index (χ1) is 7.76. The SMILES string of the molecule is CON=Cc1cn(C)c2ccc(C#N)cc12. The summed E-state index contributed by atoms with van der Waals surface area (Å²) in [7, 11) is 3.46. The zero-order valence-electron chi connectivity index (χ0n) is 9.14. The number of nitrogens with zero attached hydrogens (tertiary/aromatic N) is 3. The topological polar surface area (TPSA) is 50.3 Å². The standard InChI is InChI=1S/C12H11N3O/c1-15-8-10(7-14-16-2)11-5-9(6-13)3-4-12(11)15/h3-5,7-8H,1-2H3. The predicted octanol–water partition coefficient (Wildman–Crippen LogP) is 2.03. The van der Waals surface area contributed by atoms with E-state index in [0.717, 1.165) is 16.5 Å². The van der Waals surface area contributed by atoms with Crippen LogP contribution in [0.25, 0.3) is 10.9 Å². The highest BCUT2D eigenvalue weighted by atomic mass is 16.6. The van der Waals surface area contributed by atoms with Crippen molar-refractivity contribution < 1.29 is 4.84 Å². The predicted molar refractivity (Wildman–Crippen MR) is 62.2 cm³/mol. The van der Waals surface area contributed by atoms with E-state index in [-0.39, 0.29) is 0 Å². The van der Waals surface area contributed by atoms with Crippen LogP contribution in [-0.4, -0.2) is 17.9 Å². The number of nitriles is 1. The Balaban J connectivity index is 2.66. The number of aryl methyl sites for hydroxylation is 1. The lowest BCUT2D eigenvalue weighted by atomic mass is 10.1. The van der Waals surface area contributed by atoms with Crippen LogP contribution in [0.15, 0.2) is 29.6 Å². The van der Waals surface area contributed by atoms with Gasteiger partial charge in [0.25, 0.3) is 0 Å². The molecule has 0 atom stereocenters. The number of benzene rings is 1. The molecule has 1 aromatic heterocycles. The van der Waals surface area contributed by atoms with Crippen molar-refractivity contribution in [1.82, 2.24) is 4.57 Å². The molecule has 0 radical (unpaired) electrons. The van der Waals surface area contributed by atoms with E-state index >= 15 is 0 Å². The first-order valence-electron chi connectivity index (χ1n) is 4.82. The smallest absolute Gasteiger partial charge is 0.106 e. The van der Waals surface area contributed by atoms with Gasteiger partial charge in [0.1, 0.15) is 7.11 Å². The average Bonchev–Trinajstić information content (AvgIpc) is 2.63. The van der Waals surface area contributed by atoms with Gasteiger partial charge in [0.15, 0.2) is 0 Å². The molecule has 1 heterocycles. The molecule has 0 aliphatic heterocycles. The molecule has 0 saturated carbocycles. The van der Waals surface area contributed by atoms with Gasteiger partial charge in [0, 0.05) is 29.7 Å². The van der Waals surface area contributed by atoms with Gasteiger partial charge in [-0.3, -0.25) is 0 Å². The van der Waals surface area contributed by atoms with E-state index < -0.39 is 0 Å².